The number of amides is 1. The van der Waals surface area contributed by atoms with E-state index in [9.17, 15) is 13.2 Å². The molecule has 1 aliphatic rings. The largest absolute Gasteiger partial charge is 0.380 e. The van der Waals surface area contributed by atoms with Crippen LogP contribution in [0.2, 0.25) is 0 Å². The Hall–Kier alpha value is -1.44. The Balaban J connectivity index is 1.88. The molecule has 7 heteroatoms. The average Bonchev–Trinajstić information content (AvgIpc) is 2.80. The van der Waals surface area contributed by atoms with Crippen LogP contribution in [0.5, 0.6) is 0 Å². The Morgan fingerprint density at radius 1 is 1.45 bits per heavy atom. The Morgan fingerprint density at radius 3 is 2.86 bits per heavy atom. The van der Waals surface area contributed by atoms with Crippen molar-refractivity contribution in [2.75, 3.05) is 37.5 Å². The highest BCUT2D eigenvalue weighted by molar-refractivity contribution is 7.91. The number of methoxy groups -OCH3 is 1. The zero-order chi connectivity index (χ0) is 16.2. The molecule has 0 unspecified atom stereocenters. The van der Waals surface area contributed by atoms with Crippen molar-refractivity contribution in [1.82, 2.24) is 4.90 Å². The molecule has 1 saturated heterocycles. The van der Waals surface area contributed by atoms with E-state index in [4.69, 9.17) is 4.74 Å². The smallest absolute Gasteiger partial charge is 0.238 e. The summed E-state index contributed by atoms with van der Waals surface area (Å²) in [4.78, 5) is 13.9. The third-order valence-electron chi connectivity index (χ3n) is 3.75. The number of rotatable bonds is 6. The normalized spacial score (nSPS) is 20.2. The lowest BCUT2D eigenvalue weighted by molar-refractivity contribution is -0.117. The molecule has 1 aromatic carbocycles. The molecule has 0 spiro atoms. The van der Waals surface area contributed by atoms with Gasteiger partial charge in [-0.2, -0.15) is 0 Å². The highest BCUT2D eigenvalue weighted by atomic mass is 32.2. The van der Waals surface area contributed by atoms with Crippen molar-refractivity contribution < 1.29 is 17.9 Å². The Labute approximate surface area is 131 Å². The third-order valence-corrected chi connectivity index (χ3v) is 5.50. The molecule has 0 aromatic heterocycles. The molecule has 1 aliphatic heterocycles. The van der Waals surface area contributed by atoms with Crippen LogP contribution in [0.4, 0.5) is 5.69 Å². The fourth-order valence-electron chi connectivity index (χ4n) is 2.58. The maximum absolute atomic E-state index is 12.1. The van der Waals surface area contributed by atoms with Crippen molar-refractivity contribution in [3.05, 3.63) is 29.8 Å². The number of carbonyl (C=O) groups is 1. The highest BCUT2D eigenvalue weighted by Gasteiger charge is 2.31. The number of nitrogens with one attached hydrogen (secondary N) is 1. The van der Waals surface area contributed by atoms with Crippen LogP contribution in [0.3, 0.4) is 0 Å². The summed E-state index contributed by atoms with van der Waals surface area (Å²) in [6.07, 6.45) is 0.593. The molecule has 1 heterocycles. The molecule has 22 heavy (non-hydrogen) atoms. The molecule has 1 fully saturated rings. The molecule has 1 atom stereocenters. The third kappa shape index (κ3) is 4.79. The Bertz CT molecular complexity index is 630. The van der Waals surface area contributed by atoms with E-state index in [1.54, 1.807) is 19.1 Å². The van der Waals surface area contributed by atoms with Crippen LogP contribution >= 0.6 is 0 Å². The molecule has 1 N–H and O–H groups in total. The summed E-state index contributed by atoms with van der Waals surface area (Å²) in [5.41, 5.74) is 1.70. The first-order valence-electron chi connectivity index (χ1n) is 7.18. The predicted octanol–water partition coefficient (Wildman–Crippen LogP) is 0.890. The molecule has 6 nitrogen and oxygen atoms in total. The summed E-state index contributed by atoms with van der Waals surface area (Å²) in [5, 5.41) is 2.83. The molecule has 0 saturated carbocycles. The fourth-order valence-corrected chi connectivity index (χ4v) is 4.39. The van der Waals surface area contributed by atoms with Crippen LogP contribution in [0, 0.1) is 0 Å². The number of hydrogen-bond acceptors (Lipinski definition) is 5. The van der Waals surface area contributed by atoms with Gasteiger partial charge in [-0.05, 0) is 31.2 Å². The molecule has 1 aromatic rings. The second-order valence-electron chi connectivity index (χ2n) is 5.65. The Kier molecular flexibility index (Phi) is 5.55. The minimum absolute atomic E-state index is 0.0735. The minimum Gasteiger partial charge on any atom is -0.380 e. The van der Waals surface area contributed by atoms with Crippen molar-refractivity contribution in [2.24, 2.45) is 0 Å². The summed E-state index contributed by atoms with van der Waals surface area (Å²) in [7, 11) is 0.471. The Morgan fingerprint density at radius 2 is 2.23 bits per heavy atom. The summed E-state index contributed by atoms with van der Waals surface area (Å²) in [6, 6.07) is 7.39. The van der Waals surface area contributed by atoms with Gasteiger partial charge in [-0.3, -0.25) is 9.69 Å². The van der Waals surface area contributed by atoms with Crippen molar-refractivity contribution in [3.8, 4) is 0 Å². The number of likely N-dealkylation sites (N-methyl/N-ethyl adjacent to an activating group) is 1. The van der Waals surface area contributed by atoms with Gasteiger partial charge in [-0.1, -0.05) is 12.1 Å². The molecule has 1 amide bonds. The van der Waals surface area contributed by atoms with Crippen LogP contribution in [-0.2, 0) is 26.0 Å². The van der Waals surface area contributed by atoms with Gasteiger partial charge in [0.2, 0.25) is 5.91 Å². The first kappa shape index (κ1) is 16.9. The molecule has 0 aliphatic carbocycles. The SMILES string of the molecule is COCc1cccc(NC(=O)CN(C)[C@@H]2CCS(=O)(=O)C2)c1. The number of sulfone groups is 1. The van der Waals surface area contributed by atoms with E-state index in [0.29, 0.717) is 18.7 Å². The van der Waals surface area contributed by atoms with E-state index in [2.05, 4.69) is 5.32 Å². The molecular weight excluding hydrogens is 304 g/mol. The van der Waals surface area contributed by atoms with E-state index < -0.39 is 9.84 Å². The van der Waals surface area contributed by atoms with E-state index in [-0.39, 0.29) is 30.0 Å². The van der Waals surface area contributed by atoms with Gasteiger partial charge in [0.1, 0.15) is 0 Å². The topological polar surface area (TPSA) is 75.7 Å². The van der Waals surface area contributed by atoms with Crippen LogP contribution in [0.15, 0.2) is 24.3 Å². The number of hydrogen-bond donors (Lipinski definition) is 1. The van der Waals surface area contributed by atoms with Gasteiger partial charge in [0.25, 0.3) is 0 Å². The average molecular weight is 326 g/mol. The molecule has 0 bridgehead atoms. The fraction of sp³-hybridized carbons (Fsp3) is 0.533. The number of anilines is 1. The van der Waals surface area contributed by atoms with E-state index in [1.807, 2.05) is 24.3 Å². The van der Waals surface area contributed by atoms with Crippen molar-refractivity contribution in [3.63, 3.8) is 0 Å². The van der Waals surface area contributed by atoms with Crippen molar-refractivity contribution >= 4 is 21.4 Å². The molecular formula is C15H22N2O4S. The summed E-state index contributed by atoms with van der Waals surface area (Å²) in [5.74, 6) is 0.198. The van der Waals surface area contributed by atoms with Gasteiger partial charge in [-0.15, -0.1) is 0 Å². The minimum atomic E-state index is -2.93. The van der Waals surface area contributed by atoms with Crippen molar-refractivity contribution in [1.29, 1.82) is 0 Å². The lowest BCUT2D eigenvalue weighted by atomic mass is 10.2. The van der Waals surface area contributed by atoms with E-state index in [0.717, 1.165) is 5.56 Å². The van der Waals surface area contributed by atoms with Gasteiger partial charge >= 0.3 is 0 Å². The zero-order valence-electron chi connectivity index (χ0n) is 12.9. The first-order valence-corrected chi connectivity index (χ1v) is 9.00. The lowest BCUT2D eigenvalue weighted by Crippen LogP contribution is -2.38. The summed E-state index contributed by atoms with van der Waals surface area (Å²) < 4.78 is 28.0. The zero-order valence-corrected chi connectivity index (χ0v) is 13.7. The number of ether oxygens (including phenoxy) is 1. The second kappa shape index (κ2) is 7.21. The number of benzene rings is 1. The first-order chi connectivity index (χ1) is 10.4. The second-order valence-corrected chi connectivity index (χ2v) is 7.88. The number of nitrogens with zero attached hydrogens (tertiary/aromatic N) is 1. The number of carbonyl (C=O) groups excluding carboxylic acids is 1. The predicted molar refractivity (Wildman–Crippen MR) is 85.5 cm³/mol. The molecule has 122 valence electrons. The highest BCUT2D eigenvalue weighted by Crippen LogP contribution is 2.16. The summed E-state index contributed by atoms with van der Waals surface area (Å²) >= 11 is 0. The van der Waals surface area contributed by atoms with Gasteiger partial charge < -0.3 is 10.1 Å². The maximum Gasteiger partial charge on any atom is 0.238 e. The van der Waals surface area contributed by atoms with E-state index in [1.165, 1.54) is 0 Å². The van der Waals surface area contributed by atoms with Gasteiger partial charge in [-0.25, -0.2) is 8.42 Å². The van der Waals surface area contributed by atoms with Gasteiger partial charge in [0.05, 0.1) is 24.7 Å². The maximum atomic E-state index is 12.1. The molecule has 0 radical (unpaired) electrons. The van der Waals surface area contributed by atoms with Crippen molar-refractivity contribution in [2.45, 2.75) is 19.1 Å². The monoisotopic (exact) mass is 326 g/mol. The van der Waals surface area contributed by atoms with Crippen LogP contribution in [-0.4, -0.2) is 57.5 Å². The van der Waals surface area contributed by atoms with Gasteiger partial charge in [0, 0.05) is 18.8 Å². The van der Waals surface area contributed by atoms with E-state index >= 15 is 0 Å². The van der Waals surface area contributed by atoms with Crippen LogP contribution in [0.1, 0.15) is 12.0 Å². The van der Waals surface area contributed by atoms with Crippen LogP contribution in [0.25, 0.3) is 0 Å². The van der Waals surface area contributed by atoms with Gasteiger partial charge in [0.15, 0.2) is 9.84 Å². The van der Waals surface area contributed by atoms with Crippen LogP contribution < -0.4 is 5.32 Å². The standard InChI is InChI=1S/C15H22N2O4S/c1-17(14-6-7-22(19,20)11-14)9-15(18)16-13-5-3-4-12(8-13)10-21-2/h3-5,8,14H,6-7,9-11H2,1-2H3,(H,16,18)/t14-/m1/s1. The summed E-state index contributed by atoms with van der Waals surface area (Å²) in [6.45, 7) is 0.665. The quantitative estimate of drug-likeness (QED) is 0.840. The molecule has 2 rings (SSSR count). The lowest BCUT2D eigenvalue weighted by Gasteiger charge is -2.22.